The SMILES string of the molecule is Nc1cc(C(=O)N2CCN(c3ccccc3)CC2)nc(N[C@H]2CCCC[C@@H]2O)n1. The number of benzene rings is 1. The first kappa shape index (κ1) is 19.4. The second kappa shape index (κ2) is 8.65. The van der Waals surface area contributed by atoms with Crippen molar-refractivity contribution in [3.63, 3.8) is 0 Å². The zero-order valence-corrected chi connectivity index (χ0v) is 16.5. The van der Waals surface area contributed by atoms with Crippen LogP contribution in [-0.2, 0) is 0 Å². The van der Waals surface area contributed by atoms with Crippen molar-refractivity contribution in [2.75, 3.05) is 42.1 Å². The smallest absolute Gasteiger partial charge is 0.272 e. The molecule has 0 radical (unpaired) electrons. The number of hydrogen-bond acceptors (Lipinski definition) is 7. The number of amides is 1. The largest absolute Gasteiger partial charge is 0.391 e. The lowest BCUT2D eigenvalue weighted by Gasteiger charge is -2.36. The predicted octanol–water partition coefficient (Wildman–Crippen LogP) is 1.74. The lowest BCUT2D eigenvalue weighted by Crippen LogP contribution is -2.49. The highest BCUT2D eigenvalue weighted by Gasteiger charge is 2.26. The minimum absolute atomic E-state index is 0.108. The Morgan fingerprint density at radius 3 is 2.52 bits per heavy atom. The number of nitrogens with two attached hydrogens (primary N) is 1. The number of aliphatic hydroxyl groups excluding tert-OH is 1. The van der Waals surface area contributed by atoms with Gasteiger partial charge in [0.15, 0.2) is 0 Å². The van der Waals surface area contributed by atoms with E-state index >= 15 is 0 Å². The van der Waals surface area contributed by atoms with E-state index in [2.05, 4.69) is 32.3 Å². The molecule has 29 heavy (non-hydrogen) atoms. The van der Waals surface area contributed by atoms with Crippen molar-refractivity contribution in [3.8, 4) is 0 Å². The Morgan fingerprint density at radius 2 is 1.79 bits per heavy atom. The zero-order chi connectivity index (χ0) is 20.2. The van der Waals surface area contributed by atoms with Crippen LogP contribution >= 0.6 is 0 Å². The predicted molar refractivity (Wildman–Crippen MR) is 113 cm³/mol. The standard InChI is InChI=1S/C21H28N6O2/c22-19-14-17(24-21(25-19)23-16-8-4-5-9-18(16)28)20(29)27-12-10-26(11-13-27)15-6-2-1-3-7-15/h1-3,6-7,14,16,18,28H,4-5,8-13H2,(H3,22,23,24,25)/t16-,18-/m0/s1. The number of nitrogens with zero attached hydrogens (tertiary/aromatic N) is 4. The van der Waals surface area contributed by atoms with Crippen molar-refractivity contribution >= 4 is 23.4 Å². The van der Waals surface area contributed by atoms with E-state index in [1.165, 1.54) is 11.8 Å². The lowest BCUT2D eigenvalue weighted by atomic mass is 9.93. The second-order valence-electron chi connectivity index (χ2n) is 7.72. The summed E-state index contributed by atoms with van der Waals surface area (Å²) in [5.41, 5.74) is 7.39. The van der Waals surface area contributed by atoms with Crippen LogP contribution in [0.1, 0.15) is 36.2 Å². The Morgan fingerprint density at radius 1 is 1.07 bits per heavy atom. The number of nitrogens with one attached hydrogen (secondary N) is 1. The van der Waals surface area contributed by atoms with Gasteiger partial charge in [0.1, 0.15) is 11.5 Å². The molecule has 2 aliphatic rings. The molecular weight excluding hydrogens is 368 g/mol. The monoisotopic (exact) mass is 396 g/mol. The van der Waals surface area contributed by atoms with Gasteiger partial charge in [-0.3, -0.25) is 4.79 Å². The Bertz CT molecular complexity index is 838. The molecule has 0 bridgehead atoms. The molecule has 1 aromatic carbocycles. The molecule has 1 saturated heterocycles. The van der Waals surface area contributed by atoms with E-state index in [0.29, 0.717) is 24.7 Å². The van der Waals surface area contributed by atoms with Gasteiger partial charge < -0.3 is 26.0 Å². The molecule has 2 fully saturated rings. The van der Waals surface area contributed by atoms with Gasteiger partial charge in [-0.25, -0.2) is 4.98 Å². The minimum Gasteiger partial charge on any atom is -0.391 e. The van der Waals surface area contributed by atoms with E-state index in [9.17, 15) is 9.90 Å². The highest BCUT2D eigenvalue weighted by atomic mass is 16.3. The fourth-order valence-corrected chi connectivity index (χ4v) is 4.05. The highest BCUT2D eigenvalue weighted by molar-refractivity contribution is 5.93. The van der Waals surface area contributed by atoms with E-state index in [0.717, 1.165) is 38.8 Å². The van der Waals surface area contributed by atoms with Crippen LogP contribution in [-0.4, -0.2) is 64.2 Å². The number of nitrogen functional groups attached to an aromatic ring is 1. The van der Waals surface area contributed by atoms with Gasteiger partial charge in [0.25, 0.3) is 5.91 Å². The molecule has 1 amide bonds. The van der Waals surface area contributed by atoms with E-state index in [-0.39, 0.29) is 17.8 Å². The Balaban J connectivity index is 1.41. The summed E-state index contributed by atoms with van der Waals surface area (Å²) in [7, 11) is 0. The molecule has 4 rings (SSSR count). The fraction of sp³-hybridized carbons (Fsp3) is 0.476. The number of carbonyl (C=O) groups is 1. The van der Waals surface area contributed by atoms with Crippen LogP contribution in [0.15, 0.2) is 36.4 Å². The van der Waals surface area contributed by atoms with Gasteiger partial charge in [-0.15, -0.1) is 0 Å². The highest BCUT2D eigenvalue weighted by Crippen LogP contribution is 2.22. The Labute approximate surface area is 170 Å². The maximum Gasteiger partial charge on any atom is 0.272 e. The molecule has 2 aromatic rings. The molecule has 1 saturated carbocycles. The molecule has 154 valence electrons. The van der Waals surface area contributed by atoms with Crippen molar-refractivity contribution in [2.45, 2.75) is 37.8 Å². The van der Waals surface area contributed by atoms with Crippen LogP contribution in [0, 0.1) is 0 Å². The molecule has 8 nitrogen and oxygen atoms in total. The van der Waals surface area contributed by atoms with Gasteiger partial charge in [0, 0.05) is 37.9 Å². The topological polar surface area (TPSA) is 108 Å². The third kappa shape index (κ3) is 4.59. The van der Waals surface area contributed by atoms with Crippen LogP contribution in [0.25, 0.3) is 0 Å². The summed E-state index contributed by atoms with van der Waals surface area (Å²) >= 11 is 0. The molecule has 4 N–H and O–H groups in total. The van der Waals surface area contributed by atoms with Gasteiger partial charge in [0.2, 0.25) is 5.95 Å². The number of hydrogen-bond donors (Lipinski definition) is 3. The van der Waals surface area contributed by atoms with Crippen LogP contribution in [0.2, 0.25) is 0 Å². The van der Waals surface area contributed by atoms with Crippen molar-refractivity contribution in [3.05, 3.63) is 42.1 Å². The lowest BCUT2D eigenvalue weighted by molar-refractivity contribution is 0.0741. The third-order valence-electron chi connectivity index (χ3n) is 5.70. The van der Waals surface area contributed by atoms with Crippen LogP contribution < -0.4 is 16.0 Å². The van der Waals surface area contributed by atoms with Gasteiger partial charge in [-0.1, -0.05) is 31.0 Å². The number of carbonyl (C=O) groups excluding carboxylic acids is 1. The Kier molecular flexibility index (Phi) is 5.80. The van der Waals surface area contributed by atoms with Crippen LogP contribution in [0.3, 0.4) is 0 Å². The first-order valence-corrected chi connectivity index (χ1v) is 10.3. The first-order chi connectivity index (χ1) is 14.1. The summed E-state index contributed by atoms with van der Waals surface area (Å²) in [4.78, 5) is 25.7. The van der Waals surface area contributed by atoms with Gasteiger partial charge >= 0.3 is 0 Å². The quantitative estimate of drug-likeness (QED) is 0.722. The van der Waals surface area contributed by atoms with Crippen LogP contribution in [0.5, 0.6) is 0 Å². The van der Waals surface area contributed by atoms with Crippen molar-refractivity contribution in [1.29, 1.82) is 0 Å². The normalized spacial score (nSPS) is 22.4. The summed E-state index contributed by atoms with van der Waals surface area (Å²) in [6, 6.07) is 11.6. The number of para-hydroxylation sites is 1. The van der Waals surface area contributed by atoms with Gasteiger partial charge in [-0.2, -0.15) is 4.98 Å². The van der Waals surface area contributed by atoms with Crippen molar-refractivity contribution < 1.29 is 9.90 Å². The Hall–Kier alpha value is -2.87. The number of rotatable bonds is 4. The number of aliphatic hydroxyl groups is 1. The molecule has 2 atom stereocenters. The van der Waals surface area contributed by atoms with Gasteiger partial charge in [-0.05, 0) is 25.0 Å². The second-order valence-corrected chi connectivity index (χ2v) is 7.72. The summed E-state index contributed by atoms with van der Waals surface area (Å²) in [5, 5.41) is 13.3. The molecule has 1 aromatic heterocycles. The maximum atomic E-state index is 13.0. The van der Waals surface area contributed by atoms with Gasteiger partial charge in [0.05, 0.1) is 12.1 Å². The van der Waals surface area contributed by atoms with E-state index in [1.807, 2.05) is 18.2 Å². The summed E-state index contributed by atoms with van der Waals surface area (Å²) in [5.74, 6) is 0.417. The average molecular weight is 396 g/mol. The zero-order valence-electron chi connectivity index (χ0n) is 16.5. The van der Waals surface area contributed by atoms with E-state index < -0.39 is 6.10 Å². The summed E-state index contributed by atoms with van der Waals surface area (Å²) < 4.78 is 0. The summed E-state index contributed by atoms with van der Waals surface area (Å²) in [6.45, 7) is 2.80. The number of piperazine rings is 1. The molecule has 0 spiro atoms. The fourth-order valence-electron chi connectivity index (χ4n) is 4.05. The van der Waals surface area contributed by atoms with E-state index in [1.54, 1.807) is 4.90 Å². The average Bonchev–Trinajstić information content (AvgIpc) is 2.75. The molecular formula is C21H28N6O2. The van der Waals surface area contributed by atoms with Crippen LogP contribution in [0.4, 0.5) is 17.5 Å². The van der Waals surface area contributed by atoms with Crippen molar-refractivity contribution in [1.82, 2.24) is 14.9 Å². The molecule has 2 heterocycles. The minimum atomic E-state index is -0.431. The number of aromatic nitrogens is 2. The molecule has 0 unspecified atom stereocenters. The molecule has 1 aliphatic heterocycles. The van der Waals surface area contributed by atoms with Crippen molar-refractivity contribution in [2.24, 2.45) is 0 Å². The summed E-state index contributed by atoms with van der Waals surface area (Å²) in [6.07, 6.45) is 3.25. The first-order valence-electron chi connectivity index (χ1n) is 10.3. The number of anilines is 3. The maximum absolute atomic E-state index is 13.0. The molecule has 1 aliphatic carbocycles. The third-order valence-corrected chi connectivity index (χ3v) is 5.70. The molecule has 8 heteroatoms. The van der Waals surface area contributed by atoms with E-state index in [4.69, 9.17) is 5.73 Å².